The Morgan fingerprint density at radius 1 is 0.792 bits per heavy atom. The number of ether oxygens (including phenoxy) is 7. The monoisotopic (exact) mass is 681 g/mol. The summed E-state index contributed by atoms with van der Waals surface area (Å²) >= 11 is 0. The van der Waals surface area contributed by atoms with Gasteiger partial charge in [0, 0.05) is 19.2 Å². The van der Waals surface area contributed by atoms with Crippen LogP contribution in [0, 0.1) is 0 Å². The van der Waals surface area contributed by atoms with Crippen molar-refractivity contribution in [2.24, 2.45) is 0 Å². The van der Waals surface area contributed by atoms with Crippen LogP contribution < -0.4 is 19.1 Å². The van der Waals surface area contributed by atoms with Crippen LogP contribution in [0.15, 0.2) is 12.1 Å². The molecule has 0 aromatic heterocycles. The van der Waals surface area contributed by atoms with E-state index in [9.17, 15) is 14.7 Å². The van der Waals surface area contributed by atoms with Gasteiger partial charge in [-0.2, -0.15) is 0 Å². The molecule has 0 fully saturated rings. The lowest BCUT2D eigenvalue weighted by atomic mass is 10.0. The molecule has 276 valence electrons. The fourth-order valence-electron chi connectivity index (χ4n) is 5.55. The Balaban J connectivity index is 1.73. The zero-order chi connectivity index (χ0) is 34.7. The maximum atomic E-state index is 12.3. The number of esters is 1. The lowest BCUT2D eigenvalue weighted by Gasteiger charge is -2.30. The van der Waals surface area contributed by atoms with Crippen molar-refractivity contribution in [1.82, 2.24) is 0 Å². The topological polar surface area (TPSA) is 122 Å². The van der Waals surface area contributed by atoms with Crippen LogP contribution in [0.2, 0.25) is 0 Å². The van der Waals surface area contributed by atoms with Crippen molar-refractivity contribution in [3.8, 4) is 17.2 Å². The van der Waals surface area contributed by atoms with Crippen LogP contribution in [-0.4, -0.2) is 89.8 Å². The van der Waals surface area contributed by atoms with Gasteiger partial charge >= 0.3 is 11.9 Å². The number of carboxylic acids is 1. The number of aliphatic carboxylic acids is 1. The van der Waals surface area contributed by atoms with Crippen LogP contribution in [0.5, 0.6) is 17.2 Å². The Hall–Kier alpha value is -2.60. The molecule has 0 bridgehead atoms. The van der Waals surface area contributed by atoms with Crippen molar-refractivity contribution in [3.05, 3.63) is 12.1 Å². The third kappa shape index (κ3) is 19.4. The molecule has 0 aliphatic carbocycles. The highest BCUT2D eigenvalue weighted by Gasteiger charge is 2.30. The second-order valence-electron chi connectivity index (χ2n) is 12.4. The Kier molecular flexibility index (Phi) is 23.6. The van der Waals surface area contributed by atoms with E-state index in [1.807, 2.05) is 0 Å². The maximum absolute atomic E-state index is 12.3. The van der Waals surface area contributed by atoms with E-state index in [0.29, 0.717) is 51.1 Å². The van der Waals surface area contributed by atoms with Gasteiger partial charge in [-0.25, -0.2) is 4.79 Å². The van der Waals surface area contributed by atoms with Crippen molar-refractivity contribution in [2.75, 3.05) is 71.3 Å². The molecule has 0 amide bonds. The largest absolute Gasteiger partial charge is 0.493 e. The number of carbonyl (C=O) groups excluding carboxylic acids is 1. The minimum absolute atomic E-state index is 0.155. The highest BCUT2D eigenvalue weighted by atomic mass is 16.7. The van der Waals surface area contributed by atoms with Gasteiger partial charge in [-0.15, -0.1) is 0 Å². The van der Waals surface area contributed by atoms with E-state index in [1.165, 1.54) is 94.8 Å². The molecule has 1 aromatic carbocycles. The summed E-state index contributed by atoms with van der Waals surface area (Å²) in [5.74, 6) is -0.703. The first-order chi connectivity index (χ1) is 23.4. The molecule has 2 rings (SSSR count). The van der Waals surface area contributed by atoms with Crippen molar-refractivity contribution in [1.29, 1.82) is 0 Å². The maximum Gasteiger partial charge on any atom is 0.331 e. The summed E-state index contributed by atoms with van der Waals surface area (Å²) in [7, 11) is 1.62. The molecule has 0 saturated heterocycles. The summed E-state index contributed by atoms with van der Waals surface area (Å²) in [6, 6.07) is 3.37. The van der Waals surface area contributed by atoms with Gasteiger partial charge in [0.2, 0.25) is 0 Å². The molecular formula is C37H63NO10. The molecule has 0 spiro atoms. The molecule has 48 heavy (non-hydrogen) atoms. The van der Waals surface area contributed by atoms with Crippen LogP contribution in [-0.2, 0) is 28.5 Å². The molecule has 0 radical (unpaired) electrons. The summed E-state index contributed by atoms with van der Waals surface area (Å²) in [4.78, 5) is 25.3. The minimum atomic E-state index is -1.06. The van der Waals surface area contributed by atoms with Gasteiger partial charge in [0.05, 0.1) is 51.9 Å². The van der Waals surface area contributed by atoms with Gasteiger partial charge in [-0.3, -0.25) is 4.79 Å². The Labute approximate surface area is 288 Å². The van der Waals surface area contributed by atoms with E-state index in [2.05, 4.69) is 6.92 Å². The zero-order valence-corrected chi connectivity index (χ0v) is 30.0. The predicted molar refractivity (Wildman–Crippen MR) is 187 cm³/mol. The normalized spacial score (nSPS) is 13.3. The van der Waals surface area contributed by atoms with Gasteiger partial charge in [-0.05, 0) is 13.3 Å². The first-order valence-corrected chi connectivity index (χ1v) is 18.4. The number of anilines is 1. The lowest BCUT2D eigenvalue weighted by Crippen LogP contribution is -2.40. The molecule has 11 nitrogen and oxygen atoms in total. The number of rotatable bonds is 32. The van der Waals surface area contributed by atoms with E-state index in [-0.39, 0.29) is 31.2 Å². The van der Waals surface area contributed by atoms with Crippen LogP contribution in [0.1, 0.15) is 117 Å². The van der Waals surface area contributed by atoms with Gasteiger partial charge in [0.25, 0.3) is 0 Å². The quantitative estimate of drug-likeness (QED) is 0.0351. The molecule has 0 saturated carbocycles. The molecule has 1 aliphatic heterocycles. The summed E-state index contributed by atoms with van der Waals surface area (Å²) in [5, 5.41) is 9.44. The molecular weight excluding hydrogens is 618 g/mol. The molecule has 11 heteroatoms. The summed E-state index contributed by atoms with van der Waals surface area (Å²) in [6.07, 6.45) is 20.1. The Bertz CT molecular complexity index is 991. The molecule has 1 aromatic rings. The Morgan fingerprint density at radius 2 is 1.33 bits per heavy atom. The number of fused-ring (bicyclic) bond motifs is 1. The highest BCUT2D eigenvalue weighted by Crippen LogP contribution is 2.44. The molecule has 1 heterocycles. The predicted octanol–water partition coefficient (Wildman–Crippen LogP) is 7.56. The van der Waals surface area contributed by atoms with E-state index < -0.39 is 18.2 Å². The average Bonchev–Trinajstić information content (AvgIpc) is 3.05. The SMILES string of the molecule is CCCCCCCCCCCCCCCCCCOc1cc(OC(C)OCCOCCOCCOC)c2c(c1)N(CC(=O)O)CC(=O)O2. The second-order valence-corrected chi connectivity index (χ2v) is 12.4. The van der Waals surface area contributed by atoms with Crippen LogP contribution in [0.3, 0.4) is 0 Å². The number of nitrogens with zero attached hydrogens (tertiary/aromatic N) is 1. The number of unbranched alkanes of at least 4 members (excludes halogenated alkanes) is 15. The van der Waals surface area contributed by atoms with E-state index in [4.69, 9.17) is 33.2 Å². The first kappa shape index (κ1) is 41.6. The molecule has 1 atom stereocenters. The van der Waals surface area contributed by atoms with Gasteiger partial charge in [-0.1, -0.05) is 103 Å². The first-order valence-electron chi connectivity index (χ1n) is 18.4. The number of hydrogen-bond donors (Lipinski definition) is 1. The molecule has 1 N–H and O–H groups in total. The number of hydrogen-bond acceptors (Lipinski definition) is 10. The number of carbonyl (C=O) groups is 2. The average molecular weight is 682 g/mol. The summed E-state index contributed by atoms with van der Waals surface area (Å²) in [5.41, 5.74) is 0.431. The fraction of sp³-hybridized carbons (Fsp3) is 0.784. The minimum Gasteiger partial charge on any atom is -0.493 e. The molecule has 1 unspecified atom stereocenters. The van der Waals surface area contributed by atoms with E-state index in [0.717, 1.165) is 12.8 Å². The van der Waals surface area contributed by atoms with Gasteiger partial charge < -0.3 is 43.2 Å². The summed E-state index contributed by atoms with van der Waals surface area (Å²) in [6.45, 7) is 6.56. The van der Waals surface area contributed by atoms with Crippen LogP contribution in [0.4, 0.5) is 5.69 Å². The van der Waals surface area contributed by atoms with Crippen molar-refractivity contribution in [3.63, 3.8) is 0 Å². The van der Waals surface area contributed by atoms with Crippen molar-refractivity contribution >= 4 is 17.6 Å². The standard InChI is InChI=1S/C37H63NO10/c1-4-5-6-7-8-9-10-11-12-13-14-15-16-17-18-19-20-46-32-27-33-37(48-36(41)30-38(33)29-35(39)40)34(28-32)47-31(2)45-26-25-44-24-23-43-22-21-42-3/h27-28,31H,4-26,29-30H2,1-3H3,(H,39,40). The fourth-order valence-corrected chi connectivity index (χ4v) is 5.55. The molecule has 1 aliphatic rings. The summed E-state index contributed by atoms with van der Waals surface area (Å²) < 4.78 is 39.2. The number of methoxy groups -OCH3 is 1. The third-order valence-corrected chi connectivity index (χ3v) is 8.16. The number of benzene rings is 1. The zero-order valence-electron chi connectivity index (χ0n) is 30.0. The lowest BCUT2D eigenvalue weighted by molar-refractivity contribution is -0.136. The van der Waals surface area contributed by atoms with Crippen LogP contribution >= 0.6 is 0 Å². The van der Waals surface area contributed by atoms with Gasteiger partial charge in [0.15, 0.2) is 17.8 Å². The van der Waals surface area contributed by atoms with Crippen molar-refractivity contribution in [2.45, 2.75) is 123 Å². The highest BCUT2D eigenvalue weighted by molar-refractivity contribution is 5.89. The smallest absolute Gasteiger partial charge is 0.331 e. The van der Waals surface area contributed by atoms with Crippen molar-refractivity contribution < 1.29 is 47.9 Å². The van der Waals surface area contributed by atoms with Crippen LogP contribution in [0.25, 0.3) is 0 Å². The second kappa shape index (κ2) is 27.2. The van der Waals surface area contributed by atoms with E-state index in [1.54, 1.807) is 26.2 Å². The third-order valence-electron chi connectivity index (χ3n) is 8.16. The Morgan fingerprint density at radius 3 is 1.90 bits per heavy atom. The van der Waals surface area contributed by atoms with Gasteiger partial charge in [0.1, 0.15) is 18.8 Å². The number of carboxylic acid groups (broad SMARTS) is 1. The van der Waals surface area contributed by atoms with E-state index >= 15 is 0 Å².